The van der Waals surface area contributed by atoms with Crippen molar-refractivity contribution in [3.8, 4) is 11.5 Å². The second-order valence-electron chi connectivity index (χ2n) is 8.29. The first-order valence-electron chi connectivity index (χ1n) is 11.3. The van der Waals surface area contributed by atoms with E-state index in [2.05, 4.69) is 5.32 Å². The summed E-state index contributed by atoms with van der Waals surface area (Å²) in [5.74, 6) is 0.861. The normalized spacial score (nSPS) is 16.0. The Bertz CT molecular complexity index is 1290. The topological polar surface area (TPSA) is 101 Å². The Morgan fingerprint density at radius 1 is 1.03 bits per heavy atom. The number of anilines is 1. The largest absolute Gasteiger partial charge is 0.493 e. The Kier molecular flexibility index (Phi) is 5.90. The minimum atomic E-state index is -0.633. The third kappa shape index (κ3) is 3.78. The van der Waals surface area contributed by atoms with Crippen molar-refractivity contribution in [2.24, 2.45) is 0 Å². The molecule has 0 unspecified atom stereocenters. The maximum atomic E-state index is 13.7. The molecular formula is C26H25N3O6. The van der Waals surface area contributed by atoms with Gasteiger partial charge in [0.1, 0.15) is 11.9 Å². The van der Waals surface area contributed by atoms with Crippen LogP contribution in [0.4, 0.5) is 5.69 Å². The van der Waals surface area contributed by atoms with Gasteiger partial charge in [0.2, 0.25) is 5.91 Å². The third-order valence-corrected chi connectivity index (χ3v) is 6.33. The number of hydrogen-bond donors (Lipinski definition) is 1. The summed E-state index contributed by atoms with van der Waals surface area (Å²) in [6, 6.07) is 14.1. The molecule has 0 fully saturated rings. The molecule has 0 aliphatic carbocycles. The van der Waals surface area contributed by atoms with E-state index < -0.39 is 6.17 Å². The van der Waals surface area contributed by atoms with Crippen molar-refractivity contribution in [2.45, 2.75) is 25.6 Å². The Morgan fingerprint density at radius 2 is 1.86 bits per heavy atom. The second-order valence-corrected chi connectivity index (χ2v) is 8.29. The molecule has 3 heterocycles. The highest BCUT2D eigenvalue weighted by molar-refractivity contribution is 6.18. The molecule has 0 saturated heterocycles. The van der Waals surface area contributed by atoms with Crippen LogP contribution in [0.3, 0.4) is 0 Å². The van der Waals surface area contributed by atoms with Gasteiger partial charge in [-0.05, 0) is 36.8 Å². The average molecular weight is 476 g/mol. The first kappa shape index (κ1) is 22.5. The fourth-order valence-corrected chi connectivity index (χ4v) is 4.75. The number of furan rings is 1. The van der Waals surface area contributed by atoms with E-state index in [1.807, 2.05) is 0 Å². The molecule has 3 aromatic rings. The summed E-state index contributed by atoms with van der Waals surface area (Å²) in [5, 5.41) is 2.82. The number of amides is 3. The van der Waals surface area contributed by atoms with Crippen LogP contribution in [0.15, 0.2) is 59.2 Å². The fraction of sp³-hybridized carbons (Fsp3) is 0.269. The molecule has 9 heteroatoms. The van der Waals surface area contributed by atoms with Crippen molar-refractivity contribution >= 4 is 23.4 Å². The highest BCUT2D eigenvalue weighted by atomic mass is 16.5. The summed E-state index contributed by atoms with van der Waals surface area (Å²) in [4.78, 5) is 42.8. The van der Waals surface area contributed by atoms with Gasteiger partial charge in [-0.2, -0.15) is 0 Å². The number of nitrogens with one attached hydrogen (secondary N) is 1. The Labute approximate surface area is 202 Å². The van der Waals surface area contributed by atoms with Crippen LogP contribution in [0.25, 0.3) is 0 Å². The van der Waals surface area contributed by atoms with Gasteiger partial charge in [0, 0.05) is 18.5 Å². The zero-order valence-corrected chi connectivity index (χ0v) is 19.4. The summed E-state index contributed by atoms with van der Waals surface area (Å²) >= 11 is 0. The van der Waals surface area contributed by atoms with E-state index in [1.165, 1.54) is 14.2 Å². The molecular weight excluding hydrogens is 450 g/mol. The lowest BCUT2D eigenvalue weighted by atomic mass is 10.0. The molecule has 35 heavy (non-hydrogen) atoms. The van der Waals surface area contributed by atoms with Crippen LogP contribution >= 0.6 is 0 Å². The van der Waals surface area contributed by atoms with Crippen LogP contribution in [-0.4, -0.2) is 43.4 Å². The lowest BCUT2D eigenvalue weighted by molar-refractivity contribution is -0.121. The molecule has 2 aromatic carbocycles. The number of ether oxygens (including phenoxy) is 2. The molecule has 1 aromatic heterocycles. The minimum Gasteiger partial charge on any atom is -0.493 e. The first-order valence-corrected chi connectivity index (χ1v) is 11.3. The number of benzene rings is 2. The van der Waals surface area contributed by atoms with Crippen molar-refractivity contribution in [3.05, 3.63) is 77.2 Å². The number of carbonyl (C=O) groups is 3. The van der Waals surface area contributed by atoms with Crippen molar-refractivity contribution in [1.29, 1.82) is 0 Å². The number of carbonyl (C=O) groups excluding carboxylic acids is 3. The van der Waals surface area contributed by atoms with Gasteiger partial charge in [0.25, 0.3) is 11.8 Å². The third-order valence-electron chi connectivity index (χ3n) is 6.33. The summed E-state index contributed by atoms with van der Waals surface area (Å²) in [6.45, 7) is 0.603. The van der Waals surface area contributed by atoms with E-state index in [-0.39, 0.29) is 24.1 Å². The molecule has 1 atom stereocenters. The zero-order chi connectivity index (χ0) is 24.5. The number of rotatable bonds is 8. The highest BCUT2D eigenvalue weighted by Gasteiger charge is 2.49. The van der Waals surface area contributed by atoms with Gasteiger partial charge >= 0.3 is 0 Å². The predicted molar refractivity (Wildman–Crippen MR) is 126 cm³/mol. The Hall–Kier alpha value is -4.27. The zero-order valence-electron chi connectivity index (χ0n) is 19.4. The van der Waals surface area contributed by atoms with Gasteiger partial charge in [0.15, 0.2) is 11.5 Å². The predicted octanol–water partition coefficient (Wildman–Crippen LogP) is 3.51. The van der Waals surface area contributed by atoms with Crippen LogP contribution in [0.1, 0.15) is 51.0 Å². The molecule has 2 aliphatic rings. The van der Waals surface area contributed by atoms with Gasteiger partial charge < -0.3 is 24.1 Å². The molecule has 0 spiro atoms. The van der Waals surface area contributed by atoms with Crippen molar-refractivity contribution < 1.29 is 28.3 Å². The van der Waals surface area contributed by atoms with E-state index in [0.29, 0.717) is 59.1 Å². The number of methoxy groups -OCH3 is 2. The summed E-state index contributed by atoms with van der Waals surface area (Å²) < 4.78 is 16.2. The second kappa shape index (κ2) is 9.17. The van der Waals surface area contributed by atoms with Crippen LogP contribution < -0.4 is 19.7 Å². The smallest absolute Gasteiger partial charge is 0.264 e. The number of nitrogens with zero attached hydrogens (tertiary/aromatic N) is 2. The standard InChI is InChI=1S/C26H25N3O6/c1-33-20-12-11-18-22(23(20)34-2)26(32)29-19-9-4-3-8-17(19)25(31)28(24(18)29)13-5-10-21(30)27-15-16-7-6-14-35-16/h3-4,6-9,11-12,14,24H,5,10,13,15H2,1-2H3,(H,27,30)/t24-/m0/s1. The van der Waals surface area contributed by atoms with E-state index in [4.69, 9.17) is 13.9 Å². The van der Waals surface area contributed by atoms with Crippen LogP contribution in [0.2, 0.25) is 0 Å². The molecule has 2 aliphatic heterocycles. The summed E-state index contributed by atoms with van der Waals surface area (Å²) in [6.07, 6.45) is 1.58. The maximum absolute atomic E-state index is 13.7. The van der Waals surface area contributed by atoms with Crippen LogP contribution in [0, 0.1) is 0 Å². The van der Waals surface area contributed by atoms with Crippen LogP contribution in [-0.2, 0) is 11.3 Å². The number of para-hydroxylation sites is 1. The average Bonchev–Trinajstić information content (AvgIpc) is 3.50. The molecule has 1 N–H and O–H groups in total. The molecule has 0 radical (unpaired) electrons. The van der Waals surface area contributed by atoms with Crippen molar-refractivity contribution in [1.82, 2.24) is 10.2 Å². The van der Waals surface area contributed by atoms with E-state index >= 15 is 0 Å². The van der Waals surface area contributed by atoms with Gasteiger partial charge in [-0.1, -0.05) is 18.2 Å². The summed E-state index contributed by atoms with van der Waals surface area (Å²) in [5.41, 5.74) is 2.04. The first-order chi connectivity index (χ1) is 17.0. The van der Waals surface area contributed by atoms with E-state index in [9.17, 15) is 14.4 Å². The molecule has 180 valence electrons. The molecule has 0 saturated carbocycles. The number of hydrogen-bond acceptors (Lipinski definition) is 6. The van der Waals surface area contributed by atoms with Crippen molar-refractivity contribution in [2.75, 3.05) is 25.7 Å². The van der Waals surface area contributed by atoms with Gasteiger partial charge in [-0.15, -0.1) is 0 Å². The molecule has 5 rings (SSSR count). The molecule has 0 bridgehead atoms. The van der Waals surface area contributed by atoms with Gasteiger partial charge in [-0.3, -0.25) is 19.3 Å². The Balaban J connectivity index is 1.42. The lowest BCUT2D eigenvalue weighted by Crippen LogP contribution is -2.48. The van der Waals surface area contributed by atoms with Crippen molar-refractivity contribution in [3.63, 3.8) is 0 Å². The van der Waals surface area contributed by atoms with E-state index in [1.54, 1.807) is 64.6 Å². The summed E-state index contributed by atoms with van der Waals surface area (Å²) in [7, 11) is 3.00. The highest BCUT2D eigenvalue weighted by Crippen LogP contribution is 2.49. The quantitative estimate of drug-likeness (QED) is 0.535. The number of fused-ring (bicyclic) bond motifs is 5. The van der Waals surface area contributed by atoms with Crippen LogP contribution in [0.5, 0.6) is 11.5 Å². The van der Waals surface area contributed by atoms with Gasteiger partial charge in [0.05, 0.1) is 43.8 Å². The van der Waals surface area contributed by atoms with E-state index in [0.717, 1.165) is 0 Å². The molecule has 3 amide bonds. The maximum Gasteiger partial charge on any atom is 0.264 e. The molecule has 9 nitrogen and oxygen atoms in total. The minimum absolute atomic E-state index is 0.141. The SMILES string of the molecule is COc1ccc2c(c1OC)C(=O)N1c3ccccc3C(=O)N(CCCC(=O)NCc3ccco3)[C@H]21. The lowest BCUT2D eigenvalue weighted by Gasteiger charge is -2.41. The monoisotopic (exact) mass is 475 g/mol. The fourth-order valence-electron chi connectivity index (χ4n) is 4.75. The Morgan fingerprint density at radius 3 is 2.60 bits per heavy atom. The van der Waals surface area contributed by atoms with Gasteiger partial charge in [-0.25, -0.2) is 0 Å².